The Morgan fingerprint density at radius 3 is 2.16 bits per heavy atom. The molecule has 0 saturated heterocycles. The lowest BCUT2D eigenvalue weighted by Crippen LogP contribution is -2.37. The predicted octanol–water partition coefficient (Wildman–Crippen LogP) is 4.30. The average Bonchev–Trinajstić information content (AvgIpc) is 3.20. The molecule has 2 aromatic carbocycles. The van der Waals surface area contributed by atoms with Gasteiger partial charge in [-0.15, -0.1) is 11.3 Å². The van der Waals surface area contributed by atoms with Crippen LogP contribution in [0, 0.1) is 0 Å². The normalized spacial score (nSPS) is 13.2. The monoisotopic (exact) mass is 350 g/mol. The highest BCUT2D eigenvalue weighted by molar-refractivity contribution is 7.10. The lowest BCUT2D eigenvalue weighted by Gasteiger charge is -2.19. The summed E-state index contributed by atoms with van der Waals surface area (Å²) < 4.78 is 0. The average molecular weight is 350 g/mol. The number of amides is 1. The zero-order chi connectivity index (χ0) is 17.5. The molecular weight excluding hydrogens is 328 g/mol. The molecule has 0 radical (unpaired) electrons. The van der Waals surface area contributed by atoms with Crippen molar-refractivity contribution in [2.75, 3.05) is 6.54 Å². The molecule has 0 unspecified atom stereocenters. The summed E-state index contributed by atoms with van der Waals surface area (Å²) in [5, 5.41) is 8.48. The Kier molecular flexibility index (Phi) is 5.99. The Balaban J connectivity index is 1.63. The summed E-state index contributed by atoms with van der Waals surface area (Å²) in [6.07, 6.45) is 0. The summed E-state index contributed by atoms with van der Waals surface area (Å²) in [6, 6.07) is 24.3. The van der Waals surface area contributed by atoms with Crippen LogP contribution in [0.1, 0.15) is 35.0 Å². The van der Waals surface area contributed by atoms with E-state index in [2.05, 4.69) is 35.8 Å². The molecule has 2 atom stereocenters. The fourth-order valence-electron chi connectivity index (χ4n) is 2.74. The zero-order valence-electron chi connectivity index (χ0n) is 14.2. The molecule has 4 heteroatoms. The van der Waals surface area contributed by atoms with Crippen LogP contribution in [0.3, 0.4) is 0 Å². The molecular formula is C21H22N2OS. The van der Waals surface area contributed by atoms with Crippen LogP contribution < -0.4 is 10.6 Å². The number of benzene rings is 2. The summed E-state index contributed by atoms with van der Waals surface area (Å²) >= 11 is 1.65. The van der Waals surface area contributed by atoms with Crippen molar-refractivity contribution in [1.82, 2.24) is 10.6 Å². The molecule has 25 heavy (non-hydrogen) atoms. The summed E-state index contributed by atoms with van der Waals surface area (Å²) in [5.41, 5.74) is 2.27. The molecule has 2 N–H and O–H groups in total. The van der Waals surface area contributed by atoms with Crippen molar-refractivity contribution in [3.63, 3.8) is 0 Å². The molecule has 3 nitrogen and oxygen atoms in total. The fourth-order valence-corrected chi connectivity index (χ4v) is 3.54. The molecule has 128 valence electrons. The molecule has 0 aliphatic heterocycles. The third-order valence-corrected chi connectivity index (χ3v) is 5.07. The molecule has 3 aromatic rings. The Labute approximate surface area is 152 Å². The summed E-state index contributed by atoms with van der Waals surface area (Å²) in [7, 11) is 0. The van der Waals surface area contributed by atoms with Crippen LogP contribution >= 0.6 is 11.3 Å². The van der Waals surface area contributed by atoms with Crippen molar-refractivity contribution in [2.45, 2.75) is 19.0 Å². The van der Waals surface area contributed by atoms with Gasteiger partial charge < -0.3 is 10.6 Å². The SMILES string of the molecule is C[C@H](NCC(=O)N[C@@H](c1ccccc1)c1cccs1)c1ccccc1. The van der Waals surface area contributed by atoms with Gasteiger partial charge in [0.05, 0.1) is 12.6 Å². The second-order valence-corrected chi connectivity index (χ2v) is 6.92. The van der Waals surface area contributed by atoms with Gasteiger partial charge in [0.15, 0.2) is 0 Å². The van der Waals surface area contributed by atoms with Gasteiger partial charge in [0.1, 0.15) is 0 Å². The Hall–Kier alpha value is -2.43. The predicted molar refractivity (Wildman–Crippen MR) is 104 cm³/mol. The first-order valence-corrected chi connectivity index (χ1v) is 9.28. The summed E-state index contributed by atoms with van der Waals surface area (Å²) in [4.78, 5) is 13.6. The lowest BCUT2D eigenvalue weighted by molar-refractivity contribution is -0.120. The molecule has 1 heterocycles. The van der Waals surface area contributed by atoms with Gasteiger partial charge in [-0.3, -0.25) is 4.79 Å². The highest BCUT2D eigenvalue weighted by Crippen LogP contribution is 2.25. The molecule has 0 bridgehead atoms. The van der Waals surface area contributed by atoms with Gasteiger partial charge in [0, 0.05) is 10.9 Å². The molecule has 1 amide bonds. The van der Waals surface area contributed by atoms with E-state index < -0.39 is 0 Å². The molecule has 0 saturated carbocycles. The van der Waals surface area contributed by atoms with Crippen molar-refractivity contribution in [3.8, 4) is 0 Å². The smallest absolute Gasteiger partial charge is 0.234 e. The number of thiophene rings is 1. The van der Waals surface area contributed by atoms with Crippen molar-refractivity contribution in [1.29, 1.82) is 0 Å². The zero-order valence-corrected chi connectivity index (χ0v) is 15.0. The van der Waals surface area contributed by atoms with Crippen LogP contribution in [0.2, 0.25) is 0 Å². The van der Waals surface area contributed by atoms with Crippen LogP contribution in [0.4, 0.5) is 0 Å². The fraction of sp³-hybridized carbons (Fsp3) is 0.190. The number of nitrogens with one attached hydrogen (secondary N) is 2. The van der Waals surface area contributed by atoms with E-state index >= 15 is 0 Å². The Bertz CT molecular complexity index is 772. The van der Waals surface area contributed by atoms with Gasteiger partial charge >= 0.3 is 0 Å². The van der Waals surface area contributed by atoms with Gasteiger partial charge in [-0.05, 0) is 29.5 Å². The van der Waals surface area contributed by atoms with E-state index in [1.807, 2.05) is 60.0 Å². The highest BCUT2D eigenvalue weighted by Gasteiger charge is 2.18. The lowest BCUT2D eigenvalue weighted by atomic mass is 10.1. The van der Waals surface area contributed by atoms with Gasteiger partial charge in [-0.25, -0.2) is 0 Å². The van der Waals surface area contributed by atoms with Crippen molar-refractivity contribution in [2.24, 2.45) is 0 Å². The maximum absolute atomic E-state index is 12.5. The van der Waals surface area contributed by atoms with E-state index in [0.717, 1.165) is 10.4 Å². The number of carbonyl (C=O) groups is 1. The standard InChI is InChI=1S/C21H22N2OS/c1-16(17-9-4-2-5-10-17)22-15-20(24)23-21(19-13-8-14-25-19)18-11-6-3-7-12-18/h2-14,16,21-22H,15H2,1H3,(H,23,24)/t16-,21-/m0/s1. The molecule has 1 aromatic heterocycles. The summed E-state index contributed by atoms with van der Waals surface area (Å²) in [5.74, 6) is -0.00923. The first kappa shape index (κ1) is 17.4. The van der Waals surface area contributed by atoms with Gasteiger partial charge in [-0.2, -0.15) is 0 Å². The molecule has 0 aliphatic carbocycles. The van der Waals surface area contributed by atoms with Gasteiger partial charge in [0.2, 0.25) is 5.91 Å². The van der Waals surface area contributed by atoms with E-state index in [9.17, 15) is 4.79 Å². The first-order chi connectivity index (χ1) is 12.2. The Morgan fingerprint density at radius 2 is 1.56 bits per heavy atom. The van der Waals surface area contributed by atoms with Crippen molar-refractivity contribution >= 4 is 17.2 Å². The number of hydrogen-bond donors (Lipinski definition) is 2. The topological polar surface area (TPSA) is 41.1 Å². The number of hydrogen-bond acceptors (Lipinski definition) is 3. The van der Waals surface area contributed by atoms with Gasteiger partial charge in [0.25, 0.3) is 0 Å². The summed E-state index contributed by atoms with van der Waals surface area (Å²) in [6.45, 7) is 2.35. The molecule has 0 fully saturated rings. The second-order valence-electron chi connectivity index (χ2n) is 5.94. The van der Waals surface area contributed by atoms with Gasteiger partial charge in [-0.1, -0.05) is 66.7 Å². The quantitative estimate of drug-likeness (QED) is 0.667. The maximum Gasteiger partial charge on any atom is 0.234 e. The first-order valence-electron chi connectivity index (χ1n) is 8.40. The van der Waals surface area contributed by atoms with E-state index in [1.165, 1.54) is 5.56 Å². The van der Waals surface area contributed by atoms with Crippen LogP contribution in [0.25, 0.3) is 0 Å². The number of rotatable bonds is 7. The molecule has 0 spiro atoms. The largest absolute Gasteiger partial charge is 0.343 e. The van der Waals surface area contributed by atoms with Crippen molar-refractivity contribution < 1.29 is 4.79 Å². The molecule has 0 aliphatic rings. The van der Waals surface area contributed by atoms with E-state index in [0.29, 0.717) is 0 Å². The Morgan fingerprint density at radius 1 is 0.920 bits per heavy atom. The minimum Gasteiger partial charge on any atom is -0.343 e. The maximum atomic E-state index is 12.5. The van der Waals surface area contributed by atoms with E-state index in [1.54, 1.807) is 11.3 Å². The van der Waals surface area contributed by atoms with Crippen LogP contribution in [-0.2, 0) is 4.79 Å². The van der Waals surface area contributed by atoms with Crippen molar-refractivity contribution in [3.05, 3.63) is 94.2 Å². The van der Waals surface area contributed by atoms with Crippen LogP contribution in [-0.4, -0.2) is 12.5 Å². The number of carbonyl (C=O) groups excluding carboxylic acids is 1. The molecule has 3 rings (SSSR count). The van der Waals surface area contributed by atoms with E-state index in [4.69, 9.17) is 0 Å². The highest BCUT2D eigenvalue weighted by atomic mass is 32.1. The second kappa shape index (κ2) is 8.60. The third kappa shape index (κ3) is 4.78. The van der Waals surface area contributed by atoms with Crippen LogP contribution in [0.15, 0.2) is 78.2 Å². The minimum absolute atomic E-state index is 0.00923. The minimum atomic E-state index is -0.109. The van der Waals surface area contributed by atoms with Crippen LogP contribution in [0.5, 0.6) is 0 Å². The third-order valence-electron chi connectivity index (χ3n) is 4.13. The van der Waals surface area contributed by atoms with E-state index in [-0.39, 0.29) is 24.5 Å².